The van der Waals surface area contributed by atoms with Crippen LogP contribution < -0.4 is 13.8 Å². The number of sulfonamides is 1. The van der Waals surface area contributed by atoms with Crippen LogP contribution >= 0.6 is 0 Å². The highest BCUT2D eigenvalue weighted by molar-refractivity contribution is 7.92. The lowest BCUT2D eigenvalue weighted by atomic mass is 10.1. The summed E-state index contributed by atoms with van der Waals surface area (Å²) in [6.07, 6.45) is 0. The molecule has 0 fully saturated rings. The molecule has 152 valence electrons. The van der Waals surface area contributed by atoms with Crippen LogP contribution in [0.25, 0.3) is 0 Å². The number of halogens is 1. The summed E-state index contributed by atoms with van der Waals surface area (Å²) in [7, 11) is -0.923. The summed E-state index contributed by atoms with van der Waals surface area (Å²) in [5, 5.41) is 0. The van der Waals surface area contributed by atoms with Crippen LogP contribution in [0.1, 0.15) is 18.5 Å². The molecule has 0 radical (unpaired) electrons. The van der Waals surface area contributed by atoms with E-state index in [1.54, 1.807) is 56.5 Å². The number of ether oxygens (including phenoxy) is 2. The Morgan fingerprint density at radius 1 is 0.897 bits per heavy atom. The Morgan fingerprint density at radius 2 is 1.55 bits per heavy atom. The normalized spacial score (nSPS) is 12.3. The molecule has 0 amide bonds. The summed E-state index contributed by atoms with van der Waals surface area (Å²) in [5.41, 5.74) is 1.12. The van der Waals surface area contributed by atoms with Crippen LogP contribution in [0.3, 0.4) is 0 Å². The molecular formula is C22H22FNO4S. The number of methoxy groups -OCH3 is 2. The molecule has 0 bridgehead atoms. The predicted octanol–water partition coefficient (Wildman–Crippen LogP) is 4.80. The van der Waals surface area contributed by atoms with Gasteiger partial charge < -0.3 is 9.47 Å². The quantitative estimate of drug-likeness (QED) is 0.556. The molecule has 0 aliphatic rings. The van der Waals surface area contributed by atoms with Crippen LogP contribution in [0.5, 0.6) is 11.5 Å². The topological polar surface area (TPSA) is 55.8 Å². The number of para-hydroxylation sites is 1. The van der Waals surface area contributed by atoms with Crippen molar-refractivity contribution in [2.75, 3.05) is 18.5 Å². The molecule has 0 saturated carbocycles. The number of hydrogen-bond acceptors (Lipinski definition) is 4. The minimum Gasteiger partial charge on any atom is -0.497 e. The van der Waals surface area contributed by atoms with E-state index in [0.717, 1.165) is 12.1 Å². The Hall–Kier alpha value is -3.06. The van der Waals surface area contributed by atoms with Crippen LogP contribution in [0.2, 0.25) is 0 Å². The van der Waals surface area contributed by atoms with Crippen molar-refractivity contribution in [1.82, 2.24) is 0 Å². The largest absolute Gasteiger partial charge is 0.497 e. The molecule has 0 unspecified atom stereocenters. The average molecular weight is 415 g/mol. The molecule has 5 nitrogen and oxygen atoms in total. The zero-order chi connectivity index (χ0) is 21.0. The lowest BCUT2D eigenvalue weighted by Gasteiger charge is -2.31. The first kappa shape index (κ1) is 20.7. The first-order valence-electron chi connectivity index (χ1n) is 8.95. The van der Waals surface area contributed by atoms with Gasteiger partial charge in [0.2, 0.25) is 0 Å². The van der Waals surface area contributed by atoms with Crippen molar-refractivity contribution in [3.8, 4) is 11.5 Å². The number of anilines is 1. The fourth-order valence-electron chi connectivity index (χ4n) is 3.16. The summed E-state index contributed by atoms with van der Waals surface area (Å²) in [5.74, 6) is 0.617. The van der Waals surface area contributed by atoms with Gasteiger partial charge in [-0.2, -0.15) is 0 Å². The highest BCUT2D eigenvalue weighted by Crippen LogP contribution is 2.38. The number of benzene rings is 3. The molecule has 3 rings (SSSR count). The van der Waals surface area contributed by atoms with E-state index in [1.807, 2.05) is 6.07 Å². The van der Waals surface area contributed by atoms with Crippen LogP contribution in [0, 0.1) is 5.82 Å². The molecule has 0 saturated heterocycles. The SMILES string of the molecule is COc1ccc(OC)c([C@@H](C)N(c2ccccc2)S(=O)(=O)c2ccc(F)cc2)c1. The van der Waals surface area contributed by atoms with Crippen molar-refractivity contribution in [3.63, 3.8) is 0 Å². The van der Waals surface area contributed by atoms with Gasteiger partial charge in [0.1, 0.15) is 17.3 Å². The van der Waals surface area contributed by atoms with E-state index in [-0.39, 0.29) is 4.90 Å². The zero-order valence-corrected chi connectivity index (χ0v) is 17.2. The molecule has 1 atom stereocenters. The second kappa shape index (κ2) is 8.53. The van der Waals surface area contributed by atoms with E-state index >= 15 is 0 Å². The lowest BCUT2D eigenvalue weighted by molar-refractivity contribution is 0.396. The Kier molecular flexibility index (Phi) is 6.08. The second-order valence-electron chi connectivity index (χ2n) is 6.37. The standard InChI is InChI=1S/C22H22FNO4S/c1-16(21-15-19(27-2)11-14-22(21)28-3)24(18-7-5-4-6-8-18)29(25,26)20-12-9-17(23)10-13-20/h4-16H,1-3H3/t16-/m1/s1. The van der Waals surface area contributed by atoms with E-state index in [9.17, 15) is 12.8 Å². The molecule has 0 aromatic heterocycles. The van der Waals surface area contributed by atoms with Crippen molar-refractivity contribution in [1.29, 1.82) is 0 Å². The van der Waals surface area contributed by atoms with Crippen molar-refractivity contribution in [2.24, 2.45) is 0 Å². The van der Waals surface area contributed by atoms with Crippen molar-refractivity contribution in [2.45, 2.75) is 17.9 Å². The maximum Gasteiger partial charge on any atom is 0.264 e. The highest BCUT2D eigenvalue weighted by Gasteiger charge is 2.32. The third kappa shape index (κ3) is 4.19. The summed E-state index contributed by atoms with van der Waals surface area (Å²) in [6.45, 7) is 1.77. The zero-order valence-electron chi connectivity index (χ0n) is 16.4. The van der Waals surface area contributed by atoms with Crippen LogP contribution in [0.15, 0.2) is 77.7 Å². The van der Waals surface area contributed by atoms with Crippen molar-refractivity contribution >= 4 is 15.7 Å². The molecule has 0 aliphatic carbocycles. The third-order valence-corrected chi connectivity index (χ3v) is 6.53. The molecule has 29 heavy (non-hydrogen) atoms. The number of nitrogens with zero attached hydrogens (tertiary/aromatic N) is 1. The van der Waals surface area contributed by atoms with Gasteiger partial charge >= 0.3 is 0 Å². The Labute approximate surface area is 170 Å². The molecule has 7 heteroatoms. The monoisotopic (exact) mass is 415 g/mol. The third-order valence-electron chi connectivity index (χ3n) is 4.62. The summed E-state index contributed by atoms with van der Waals surface area (Å²) in [4.78, 5) is -0.00327. The van der Waals surface area contributed by atoms with Crippen LogP contribution in [0.4, 0.5) is 10.1 Å². The summed E-state index contributed by atoms with van der Waals surface area (Å²) >= 11 is 0. The van der Waals surface area contributed by atoms with Crippen LogP contribution in [-0.4, -0.2) is 22.6 Å². The molecule has 3 aromatic carbocycles. The van der Waals surface area contributed by atoms with Gasteiger partial charge in [0.25, 0.3) is 10.0 Å². The minimum absolute atomic E-state index is 0.00327. The van der Waals surface area contributed by atoms with E-state index in [2.05, 4.69) is 0 Å². The molecule has 0 spiro atoms. The number of hydrogen-bond donors (Lipinski definition) is 0. The fraction of sp³-hybridized carbons (Fsp3) is 0.182. The van der Waals surface area contributed by atoms with Gasteiger partial charge in [0.05, 0.1) is 30.8 Å². The predicted molar refractivity (Wildman–Crippen MR) is 110 cm³/mol. The van der Waals surface area contributed by atoms with E-state index in [4.69, 9.17) is 9.47 Å². The van der Waals surface area contributed by atoms with Gasteiger partial charge in [-0.1, -0.05) is 18.2 Å². The summed E-state index contributed by atoms with van der Waals surface area (Å²) in [6, 6.07) is 18.1. The van der Waals surface area contributed by atoms with E-state index in [1.165, 1.54) is 23.5 Å². The molecule has 0 aliphatic heterocycles. The van der Waals surface area contributed by atoms with E-state index < -0.39 is 21.9 Å². The molecular weight excluding hydrogens is 393 g/mol. The van der Waals surface area contributed by atoms with Crippen molar-refractivity contribution in [3.05, 3.63) is 84.2 Å². The van der Waals surface area contributed by atoms with Crippen LogP contribution in [-0.2, 0) is 10.0 Å². The first-order valence-corrected chi connectivity index (χ1v) is 10.4. The number of rotatable bonds is 7. The molecule has 3 aromatic rings. The van der Waals surface area contributed by atoms with Gasteiger partial charge in [0.15, 0.2) is 0 Å². The Bertz CT molecular complexity index is 1070. The van der Waals surface area contributed by atoms with E-state index in [0.29, 0.717) is 22.7 Å². The maximum absolute atomic E-state index is 13.5. The smallest absolute Gasteiger partial charge is 0.264 e. The van der Waals surface area contributed by atoms with Gasteiger partial charge in [-0.05, 0) is 61.5 Å². The van der Waals surface area contributed by atoms with Crippen molar-refractivity contribution < 1.29 is 22.3 Å². The molecule has 0 N–H and O–H groups in total. The lowest BCUT2D eigenvalue weighted by Crippen LogP contribution is -2.34. The fourth-order valence-corrected chi connectivity index (χ4v) is 4.79. The van der Waals surface area contributed by atoms with Gasteiger partial charge in [-0.25, -0.2) is 12.8 Å². The highest BCUT2D eigenvalue weighted by atomic mass is 32.2. The van der Waals surface area contributed by atoms with Gasteiger partial charge in [-0.3, -0.25) is 4.31 Å². The van der Waals surface area contributed by atoms with Gasteiger partial charge in [0, 0.05) is 5.56 Å². The van der Waals surface area contributed by atoms with Gasteiger partial charge in [-0.15, -0.1) is 0 Å². The Balaban J connectivity index is 2.18. The average Bonchev–Trinajstić information content (AvgIpc) is 2.74. The minimum atomic E-state index is -3.99. The Morgan fingerprint density at radius 3 is 2.14 bits per heavy atom. The first-order chi connectivity index (χ1) is 13.9. The molecule has 0 heterocycles. The summed E-state index contributed by atoms with van der Waals surface area (Å²) < 4.78 is 52.5. The maximum atomic E-state index is 13.5. The second-order valence-corrected chi connectivity index (χ2v) is 8.19.